The molecule has 1 saturated carbocycles. The number of H-pyrrole nitrogens is 1. The van der Waals surface area contributed by atoms with Crippen LogP contribution in [0.3, 0.4) is 0 Å². The van der Waals surface area contributed by atoms with Gasteiger partial charge in [0.25, 0.3) is 0 Å². The Morgan fingerprint density at radius 3 is 2.67 bits per heavy atom. The summed E-state index contributed by atoms with van der Waals surface area (Å²) in [4.78, 5) is 0. The highest BCUT2D eigenvalue weighted by atomic mass is 32.1. The van der Waals surface area contributed by atoms with Gasteiger partial charge in [0.1, 0.15) is 5.82 Å². The van der Waals surface area contributed by atoms with Gasteiger partial charge in [0.15, 0.2) is 4.77 Å². The van der Waals surface area contributed by atoms with Crippen LogP contribution in [0.25, 0.3) is 0 Å². The number of aromatic amines is 1. The summed E-state index contributed by atoms with van der Waals surface area (Å²) in [6.07, 6.45) is 1.30. The Bertz CT molecular complexity index is 414. The molecule has 1 unspecified atom stereocenters. The van der Waals surface area contributed by atoms with E-state index < -0.39 is 0 Å². The highest BCUT2D eigenvalue weighted by Crippen LogP contribution is 2.52. The lowest BCUT2D eigenvalue weighted by Crippen LogP contribution is -2.09. The zero-order valence-corrected chi connectivity index (χ0v) is 10.7. The van der Waals surface area contributed by atoms with Gasteiger partial charge in [-0.25, -0.2) is 0 Å². The third-order valence-corrected chi connectivity index (χ3v) is 3.74. The average molecular weight is 225 g/mol. The molecule has 84 valence electrons. The predicted octanol–water partition coefficient (Wildman–Crippen LogP) is 3.11. The zero-order chi connectivity index (χ0) is 11.2. The summed E-state index contributed by atoms with van der Waals surface area (Å²) in [7, 11) is 0. The molecule has 1 aromatic heterocycles. The van der Waals surface area contributed by atoms with E-state index in [1.165, 1.54) is 6.42 Å². The van der Waals surface area contributed by atoms with E-state index in [4.69, 9.17) is 12.2 Å². The van der Waals surface area contributed by atoms with Gasteiger partial charge in [-0.1, -0.05) is 27.7 Å². The van der Waals surface area contributed by atoms with Crippen molar-refractivity contribution in [3.8, 4) is 0 Å². The number of aromatic nitrogens is 3. The molecule has 2 rings (SSSR count). The maximum absolute atomic E-state index is 5.26. The number of nitrogens with zero attached hydrogens (tertiary/aromatic N) is 2. The van der Waals surface area contributed by atoms with Gasteiger partial charge in [0.05, 0.1) is 0 Å². The standard InChI is InChI=1S/C11H19N3S/c1-7(2)9-12-13-10(15)14(9)6-8-5-11(8,3)4/h7-8H,5-6H2,1-4H3,(H,13,15). The molecule has 0 radical (unpaired) electrons. The van der Waals surface area contributed by atoms with Crippen LogP contribution >= 0.6 is 12.2 Å². The molecular formula is C11H19N3S. The van der Waals surface area contributed by atoms with Crippen molar-refractivity contribution in [1.29, 1.82) is 0 Å². The Hall–Kier alpha value is -0.640. The smallest absolute Gasteiger partial charge is 0.195 e. The Balaban J connectivity index is 2.21. The van der Waals surface area contributed by atoms with Gasteiger partial charge in [-0.15, -0.1) is 0 Å². The van der Waals surface area contributed by atoms with Gasteiger partial charge in [-0.05, 0) is 30.0 Å². The monoisotopic (exact) mass is 225 g/mol. The van der Waals surface area contributed by atoms with E-state index in [1.807, 2.05) is 0 Å². The van der Waals surface area contributed by atoms with Crippen molar-refractivity contribution in [3.05, 3.63) is 10.6 Å². The summed E-state index contributed by atoms with van der Waals surface area (Å²) in [5.41, 5.74) is 0.500. The molecule has 0 aromatic carbocycles. The molecule has 0 bridgehead atoms. The number of hydrogen-bond acceptors (Lipinski definition) is 2. The van der Waals surface area contributed by atoms with E-state index in [0.717, 1.165) is 23.1 Å². The average Bonchev–Trinajstić information content (AvgIpc) is 2.53. The molecular weight excluding hydrogens is 206 g/mol. The molecule has 1 N–H and O–H groups in total. The summed E-state index contributed by atoms with van der Waals surface area (Å²) in [5.74, 6) is 2.28. The molecule has 0 aliphatic heterocycles. The van der Waals surface area contributed by atoms with Crippen molar-refractivity contribution in [3.63, 3.8) is 0 Å². The van der Waals surface area contributed by atoms with E-state index in [9.17, 15) is 0 Å². The van der Waals surface area contributed by atoms with Crippen LogP contribution in [0.1, 0.15) is 45.9 Å². The summed E-state index contributed by atoms with van der Waals surface area (Å²) < 4.78 is 2.93. The second-order valence-electron chi connectivity index (χ2n) is 5.54. The summed E-state index contributed by atoms with van der Waals surface area (Å²) in [5, 5.41) is 7.18. The van der Waals surface area contributed by atoms with Crippen molar-refractivity contribution in [2.24, 2.45) is 11.3 Å². The summed E-state index contributed by atoms with van der Waals surface area (Å²) in [6, 6.07) is 0. The molecule has 1 atom stereocenters. The molecule has 0 saturated heterocycles. The lowest BCUT2D eigenvalue weighted by atomic mass is 10.1. The minimum atomic E-state index is 0.430. The lowest BCUT2D eigenvalue weighted by Gasteiger charge is -2.09. The highest BCUT2D eigenvalue weighted by Gasteiger charge is 2.45. The molecule has 0 spiro atoms. The SMILES string of the molecule is CC(C)c1n[nH]c(=S)n1CC1CC1(C)C. The van der Waals surface area contributed by atoms with Crippen molar-refractivity contribution in [1.82, 2.24) is 14.8 Å². The fraction of sp³-hybridized carbons (Fsp3) is 0.818. The van der Waals surface area contributed by atoms with Crippen molar-refractivity contribution >= 4 is 12.2 Å². The first-order chi connectivity index (χ1) is 6.92. The van der Waals surface area contributed by atoms with E-state index in [1.54, 1.807) is 0 Å². The predicted molar refractivity (Wildman–Crippen MR) is 63.4 cm³/mol. The largest absolute Gasteiger partial charge is 0.304 e. The van der Waals surface area contributed by atoms with Crippen LogP contribution in [-0.2, 0) is 6.54 Å². The normalized spacial score (nSPS) is 23.4. The van der Waals surface area contributed by atoms with E-state index >= 15 is 0 Å². The fourth-order valence-corrected chi connectivity index (χ4v) is 2.27. The highest BCUT2D eigenvalue weighted by molar-refractivity contribution is 7.71. The maximum atomic E-state index is 5.26. The zero-order valence-electron chi connectivity index (χ0n) is 9.87. The van der Waals surface area contributed by atoms with Crippen molar-refractivity contribution in [2.75, 3.05) is 0 Å². The second kappa shape index (κ2) is 3.44. The Kier molecular flexibility index (Phi) is 2.49. The molecule has 1 fully saturated rings. The van der Waals surface area contributed by atoms with Gasteiger partial charge in [0, 0.05) is 12.5 Å². The first kappa shape index (κ1) is 10.9. The van der Waals surface area contributed by atoms with Crippen LogP contribution in [0.5, 0.6) is 0 Å². The minimum Gasteiger partial charge on any atom is -0.304 e. The maximum Gasteiger partial charge on any atom is 0.195 e. The molecule has 4 heteroatoms. The van der Waals surface area contributed by atoms with Crippen LogP contribution in [0.4, 0.5) is 0 Å². The second-order valence-corrected chi connectivity index (χ2v) is 5.93. The molecule has 1 aromatic rings. The Morgan fingerprint density at radius 1 is 1.60 bits per heavy atom. The molecule has 1 aliphatic rings. The minimum absolute atomic E-state index is 0.430. The Labute approximate surface area is 95.9 Å². The van der Waals surface area contributed by atoms with Crippen LogP contribution in [0.15, 0.2) is 0 Å². The van der Waals surface area contributed by atoms with Crippen LogP contribution in [-0.4, -0.2) is 14.8 Å². The molecule has 15 heavy (non-hydrogen) atoms. The molecule has 3 nitrogen and oxygen atoms in total. The number of rotatable bonds is 3. The van der Waals surface area contributed by atoms with Gasteiger partial charge < -0.3 is 4.57 Å². The topological polar surface area (TPSA) is 33.6 Å². The summed E-state index contributed by atoms with van der Waals surface area (Å²) >= 11 is 5.26. The third-order valence-electron chi connectivity index (χ3n) is 3.42. The quantitative estimate of drug-likeness (QED) is 0.802. The van der Waals surface area contributed by atoms with Gasteiger partial charge in [-0.3, -0.25) is 5.10 Å². The fourth-order valence-electron chi connectivity index (χ4n) is 2.06. The van der Waals surface area contributed by atoms with Crippen LogP contribution < -0.4 is 0 Å². The summed E-state index contributed by atoms with van der Waals surface area (Å²) in [6.45, 7) is 9.96. The molecule has 0 amide bonds. The van der Waals surface area contributed by atoms with E-state index in [-0.39, 0.29) is 0 Å². The van der Waals surface area contributed by atoms with E-state index in [0.29, 0.717) is 11.3 Å². The first-order valence-corrected chi connectivity index (χ1v) is 5.98. The van der Waals surface area contributed by atoms with Gasteiger partial charge >= 0.3 is 0 Å². The van der Waals surface area contributed by atoms with Crippen LogP contribution in [0, 0.1) is 16.1 Å². The van der Waals surface area contributed by atoms with Gasteiger partial charge in [-0.2, -0.15) is 5.10 Å². The van der Waals surface area contributed by atoms with Gasteiger partial charge in [0.2, 0.25) is 0 Å². The van der Waals surface area contributed by atoms with E-state index in [2.05, 4.69) is 42.5 Å². The van der Waals surface area contributed by atoms with Crippen molar-refractivity contribution in [2.45, 2.75) is 46.6 Å². The molecule has 1 heterocycles. The lowest BCUT2D eigenvalue weighted by molar-refractivity contribution is 0.480. The van der Waals surface area contributed by atoms with Crippen molar-refractivity contribution < 1.29 is 0 Å². The Morgan fingerprint density at radius 2 is 2.20 bits per heavy atom. The number of hydrogen-bond donors (Lipinski definition) is 1. The third kappa shape index (κ3) is 2.00. The first-order valence-electron chi connectivity index (χ1n) is 5.57. The molecule has 1 aliphatic carbocycles. The number of nitrogens with one attached hydrogen (secondary N) is 1. The van der Waals surface area contributed by atoms with Crippen LogP contribution in [0.2, 0.25) is 0 Å².